The Bertz CT molecular complexity index is 672. The Morgan fingerprint density at radius 1 is 1.28 bits per heavy atom. The van der Waals surface area contributed by atoms with E-state index in [1.807, 2.05) is 47.6 Å². The zero-order valence-electron chi connectivity index (χ0n) is 10.3. The average molecular weight is 241 g/mol. The van der Waals surface area contributed by atoms with Crippen molar-refractivity contribution >= 4 is 16.5 Å². The number of aryl methyl sites for hydroxylation is 1. The number of rotatable bonds is 1. The van der Waals surface area contributed by atoms with Gasteiger partial charge in [0.2, 0.25) is 0 Å². The molecule has 1 aliphatic rings. The SMILES string of the molecule is Cn1cc2ccccc2c(N2C=CCNC2)c1=O. The largest absolute Gasteiger partial charge is 0.330 e. The van der Waals surface area contributed by atoms with Crippen molar-refractivity contribution in [1.29, 1.82) is 0 Å². The summed E-state index contributed by atoms with van der Waals surface area (Å²) in [5.74, 6) is 0. The molecule has 0 unspecified atom stereocenters. The van der Waals surface area contributed by atoms with E-state index in [-0.39, 0.29) is 5.56 Å². The quantitative estimate of drug-likeness (QED) is 0.820. The molecule has 4 heteroatoms. The summed E-state index contributed by atoms with van der Waals surface area (Å²) in [6.07, 6.45) is 5.87. The highest BCUT2D eigenvalue weighted by Crippen LogP contribution is 2.23. The van der Waals surface area contributed by atoms with E-state index in [1.165, 1.54) is 0 Å². The molecule has 2 heterocycles. The van der Waals surface area contributed by atoms with Crippen molar-refractivity contribution in [2.75, 3.05) is 18.1 Å². The van der Waals surface area contributed by atoms with Crippen LogP contribution < -0.4 is 15.8 Å². The lowest BCUT2D eigenvalue weighted by molar-refractivity contribution is 0.716. The molecule has 1 aromatic heterocycles. The van der Waals surface area contributed by atoms with E-state index in [0.717, 1.165) is 23.0 Å². The number of anilines is 1. The number of nitrogens with one attached hydrogen (secondary N) is 1. The molecule has 0 saturated carbocycles. The normalized spacial score (nSPS) is 15.3. The van der Waals surface area contributed by atoms with Gasteiger partial charge in [-0.05, 0) is 0 Å². The first-order valence-electron chi connectivity index (χ1n) is 6.00. The predicted octanol–water partition coefficient (Wildman–Crippen LogP) is 1.42. The van der Waals surface area contributed by atoms with E-state index in [2.05, 4.69) is 5.32 Å². The summed E-state index contributed by atoms with van der Waals surface area (Å²) in [5, 5.41) is 5.31. The molecule has 0 spiro atoms. The van der Waals surface area contributed by atoms with Gasteiger partial charge in [-0.3, -0.25) is 10.1 Å². The van der Waals surface area contributed by atoms with E-state index in [9.17, 15) is 4.79 Å². The molecule has 0 aliphatic carbocycles. The van der Waals surface area contributed by atoms with Crippen LogP contribution in [0.2, 0.25) is 0 Å². The Kier molecular flexibility index (Phi) is 2.64. The van der Waals surface area contributed by atoms with Crippen molar-refractivity contribution in [1.82, 2.24) is 9.88 Å². The highest BCUT2D eigenvalue weighted by molar-refractivity contribution is 5.93. The van der Waals surface area contributed by atoms with Gasteiger partial charge in [0.05, 0.1) is 6.67 Å². The third kappa shape index (κ3) is 1.71. The maximum Gasteiger partial charge on any atom is 0.274 e. The molecule has 1 N–H and O–H groups in total. The van der Waals surface area contributed by atoms with Crippen LogP contribution in [-0.4, -0.2) is 17.8 Å². The predicted molar refractivity (Wildman–Crippen MR) is 73.7 cm³/mol. The third-order valence-electron chi connectivity index (χ3n) is 3.19. The molecule has 0 fully saturated rings. The molecule has 0 radical (unpaired) electrons. The molecule has 0 atom stereocenters. The molecule has 3 rings (SSSR count). The van der Waals surface area contributed by atoms with Gasteiger partial charge < -0.3 is 9.47 Å². The van der Waals surface area contributed by atoms with Gasteiger partial charge in [0, 0.05) is 36.8 Å². The highest BCUT2D eigenvalue weighted by atomic mass is 16.1. The molecule has 92 valence electrons. The number of aromatic nitrogens is 1. The Morgan fingerprint density at radius 2 is 2.11 bits per heavy atom. The molecule has 0 amide bonds. The van der Waals surface area contributed by atoms with Crippen molar-refractivity contribution in [3.8, 4) is 0 Å². The first kappa shape index (κ1) is 11.0. The maximum atomic E-state index is 12.3. The van der Waals surface area contributed by atoms with Crippen molar-refractivity contribution in [3.05, 3.63) is 53.1 Å². The maximum absolute atomic E-state index is 12.3. The summed E-state index contributed by atoms with van der Waals surface area (Å²) < 4.78 is 1.64. The summed E-state index contributed by atoms with van der Waals surface area (Å²) in [6, 6.07) is 7.97. The molecule has 1 aliphatic heterocycles. The lowest BCUT2D eigenvalue weighted by Crippen LogP contribution is -2.38. The van der Waals surface area contributed by atoms with E-state index in [0.29, 0.717) is 6.67 Å². The third-order valence-corrected chi connectivity index (χ3v) is 3.19. The van der Waals surface area contributed by atoms with Gasteiger partial charge in [0.15, 0.2) is 0 Å². The summed E-state index contributed by atoms with van der Waals surface area (Å²) in [4.78, 5) is 14.3. The van der Waals surface area contributed by atoms with E-state index < -0.39 is 0 Å². The minimum Gasteiger partial charge on any atom is -0.330 e. The van der Waals surface area contributed by atoms with Crippen molar-refractivity contribution in [2.24, 2.45) is 7.05 Å². The first-order chi connectivity index (χ1) is 8.77. The monoisotopic (exact) mass is 241 g/mol. The van der Waals surface area contributed by atoms with Gasteiger partial charge in [-0.2, -0.15) is 0 Å². The van der Waals surface area contributed by atoms with Crippen molar-refractivity contribution in [3.63, 3.8) is 0 Å². The van der Waals surface area contributed by atoms with E-state index >= 15 is 0 Å². The van der Waals surface area contributed by atoms with E-state index in [1.54, 1.807) is 11.6 Å². The van der Waals surface area contributed by atoms with Crippen LogP contribution in [-0.2, 0) is 7.05 Å². The molecular formula is C14H15N3O. The number of hydrogen-bond acceptors (Lipinski definition) is 3. The van der Waals surface area contributed by atoms with Crippen LogP contribution >= 0.6 is 0 Å². The van der Waals surface area contributed by atoms with Crippen LogP contribution in [0.5, 0.6) is 0 Å². The van der Waals surface area contributed by atoms with Gasteiger partial charge in [0.25, 0.3) is 5.56 Å². The van der Waals surface area contributed by atoms with Crippen molar-refractivity contribution < 1.29 is 0 Å². The number of hydrogen-bond donors (Lipinski definition) is 1. The highest BCUT2D eigenvalue weighted by Gasteiger charge is 2.14. The lowest BCUT2D eigenvalue weighted by Gasteiger charge is -2.25. The zero-order valence-corrected chi connectivity index (χ0v) is 10.3. The number of pyridine rings is 1. The van der Waals surface area contributed by atoms with Gasteiger partial charge >= 0.3 is 0 Å². The van der Waals surface area contributed by atoms with Gasteiger partial charge in [-0.15, -0.1) is 0 Å². The summed E-state index contributed by atoms with van der Waals surface area (Å²) in [7, 11) is 1.79. The van der Waals surface area contributed by atoms with Crippen LogP contribution in [0.3, 0.4) is 0 Å². The topological polar surface area (TPSA) is 37.3 Å². The van der Waals surface area contributed by atoms with Crippen molar-refractivity contribution in [2.45, 2.75) is 0 Å². The summed E-state index contributed by atoms with van der Waals surface area (Å²) in [5.41, 5.74) is 0.765. The Morgan fingerprint density at radius 3 is 2.89 bits per heavy atom. The minimum atomic E-state index is 0.0297. The number of nitrogens with zero attached hydrogens (tertiary/aromatic N) is 2. The fourth-order valence-electron chi connectivity index (χ4n) is 2.31. The standard InChI is InChI=1S/C14H15N3O/c1-16-9-11-5-2-3-6-12(11)13(14(16)18)17-8-4-7-15-10-17/h2-6,8-9,15H,7,10H2,1H3. The second-order valence-corrected chi connectivity index (χ2v) is 4.45. The molecule has 4 nitrogen and oxygen atoms in total. The summed E-state index contributed by atoms with van der Waals surface area (Å²) in [6.45, 7) is 1.52. The summed E-state index contributed by atoms with van der Waals surface area (Å²) >= 11 is 0. The average Bonchev–Trinajstić information content (AvgIpc) is 2.41. The van der Waals surface area contributed by atoms with Gasteiger partial charge in [-0.25, -0.2) is 0 Å². The van der Waals surface area contributed by atoms with Crippen LogP contribution in [0.15, 0.2) is 47.5 Å². The Labute approximate surface area is 105 Å². The van der Waals surface area contributed by atoms with Crippen LogP contribution in [0.1, 0.15) is 0 Å². The van der Waals surface area contributed by atoms with E-state index in [4.69, 9.17) is 0 Å². The van der Waals surface area contributed by atoms with Crippen LogP contribution in [0.25, 0.3) is 10.8 Å². The second-order valence-electron chi connectivity index (χ2n) is 4.45. The second kappa shape index (κ2) is 4.31. The Hall–Kier alpha value is -2.07. The van der Waals surface area contributed by atoms with Gasteiger partial charge in [0.1, 0.15) is 5.69 Å². The van der Waals surface area contributed by atoms with Gasteiger partial charge in [-0.1, -0.05) is 30.3 Å². The molecule has 0 saturated heterocycles. The minimum absolute atomic E-state index is 0.0297. The number of fused-ring (bicyclic) bond motifs is 1. The molecule has 1 aromatic carbocycles. The smallest absolute Gasteiger partial charge is 0.274 e. The Balaban J connectivity index is 2.31. The van der Waals surface area contributed by atoms with Crippen LogP contribution in [0, 0.1) is 0 Å². The molecule has 2 aromatic rings. The lowest BCUT2D eigenvalue weighted by atomic mass is 10.1. The molecular weight excluding hydrogens is 226 g/mol. The zero-order chi connectivity index (χ0) is 12.5. The fraction of sp³-hybridized carbons (Fsp3) is 0.214. The molecule has 18 heavy (non-hydrogen) atoms. The molecule has 0 bridgehead atoms. The number of benzene rings is 1. The first-order valence-corrected chi connectivity index (χ1v) is 6.00. The van der Waals surface area contributed by atoms with Crippen LogP contribution in [0.4, 0.5) is 5.69 Å². The fourth-order valence-corrected chi connectivity index (χ4v) is 2.31.